The summed E-state index contributed by atoms with van der Waals surface area (Å²) in [4.78, 5) is 38.5. The van der Waals surface area contributed by atoms with Crippen LogP contribution in [0.1, 0.15) is 12.0 Å². The molecule has 3 rings (SSSR count). The van der Waals surface area contributed by atoms with Crippen molar-refractivity contribution in [2.45, 2.75) is 13.0 Å². The van der Waals surface area contributed by atoms with E-state index < -0.39 is 17.8 Å². The zero-order chi connectivity index (χ0) is 17.6. The summed E-state index contributed by atoms with van der Waals surface area (Å²) in [7, 11) is 0. The van der Waals surface area contributed by atoms with E-state index in [4.69, 9.17) is 4.74 Å². The fourth-order valence-electron chi connectivity index (χ4n) is 2.58. The van der Waals surface area contributed by atoms with Crippen molar-refractivity contribution in [2.24, 2.45) is 0 Å². The maximum Gasteiger partial charge on any atom is 0.334 e. The summed E-state index contributed by atoms with van der Waals surface area (Å²) in [6, 6.07) is 17.8. The number of rotatable bonds is 7. The maximum absolute atomic E-state index is 12.4. The lowest BCUT2D eigenvalue weighted by atomic mass is 10.2. The van der Waals surface area contributed by atoms with Gasteiger partial charge in [-0.25, -0.2) is 4.79 Å². The number of amides is 4. The lowest BCUT2D eigenvalue weighted by Crippen LogP contribution is -2.34. The van der Waals surface area contributed by atoms with Crippen LogP contribution in [0.15, 0.2) is 60.7 Å². The van der Waals surface area contributed by atoms with E-state index in [0.717, 1.165) is 21.1 Å². The van der Waals surface area contributed by atoms with Gasteiger partial charge in [-0.3, -0.25) is 19.4 Å². The lowest BCUT2D eigenvalue weighted by molar-refractivity contribution is -0.143. The Morgan fingerprint density at radius 1 is 0.760 bits per heavy atom. The second kappa shape index (κ2) is 7.61. The standard InChI is InChI=1S/C19H18N2O4/c22-17-18(23)21(14-15-8-3-1-4-9-15)19(24)20(17)12-7-13-25-16-10-5-2-6-11-16/h1-6,8-11H,7,12-14H2. The highest BCUT2D eigenvalue weighted by Gasteiger charge is 2.43. The van der Waals surface area contributed by atoms with Crippen molar-refractivity contribution >= 4 is 17.8 Å². The van der Waals surface area contributed by atoms with Crippen molar-refractivity contribution in [1.29, 1.82) is 0 Å². The summed E-state index contributed by atoms with van der Waals surface area (Å²) < 4.78 is 5.54. The number of carbonyl (C=O) groups is 3. The molecule has 1 heterocycles. The minimum atomic E-state index is -0.780. The average Bonchev–Trinajstić information content (AvgIpc) is 2.84. The fraction of sp³-hybridized carbons (Fsp3) is 0.211. The normalized spacial score (nSPS) is 14.3. The molecule has 0 aromatic heterocycles. The molecule has 1 fully saturated rings. The molecule has 4 amide bonds. The second-order valence-corrected chi connectivity index (χ2v) is 5.63. The number of hydrogen-bond acceptors (Lipinski definition) is 4. The first-order chi connectivity index (χ1) is 12.2. The zero-order valence-corrected chi connectivity index (χ0v) is 13.6. The summed E-state index contributed by atoms with van der Waals surface area (Å²) >= 11 is 0. The Hall–Kier alpha value is -3.15. The molecule has 25 heavy (non-hydrogen) atoms. The number of ether oxygens (including phenoxy) is 1. The van der Waals surface area contributed by atoms with Gasteiger partial charge in [0.2, 0.25) is 0 Å². The third kappa shape index (κ3) is 3.85. The molecular weight excluding hydrogens is 320 g/mol. The van der Waals surface area contributed by atoms with E-state index in [-0.39, 0.29) is 13.1 Å². The molecule has 0 atom stereocenters. The smallest absolute Gasteiger partial charge is 0.334 e. The first kappa shape index (κ1) is 16.7. The van der Waals surface area contributed by atoms with Crippen LogP contribution in [0.2, 0.25) is 0 Å². The van der Waals surface area contributed by atoms with Crippen molar-refractivity contribution in [3.63, 3.8) is 0 Å². The van der Waals surface area contributed by atoms with Gasteiger partial charge in [-0.15, -0.1) is 0 Å². The predicted molar refractivity (Wildman–Crippen MR) is 90.7 cm³/mol. The van der Waals surface area contributed by atoms with Crippen molar-refractivity contribution in [3.05, 3.63) is 66.2 Å². The van der Waals surface area contributed by atoms with Crippen LogP contribution >= 0.6 is 0 Å². The summed E-state index contributed by atoms with van der Waals surface area (Å²) in [6.07, 6.45) is 0.457. The molecule has 1 aliphatic heterocycles. The molecule has 128 valence electrons. The molecule has 0 aliphatic carbocycles. The SMILES string of the molecule is O=C1C(=O)N(Cc2ccccc2)C(=O)N1CCCOc1ccccc1. The summed E-state index contributed by atoms with van der Waals surface area (Å²) in [6.45, 7) is 0.608. The molecule has 1 saturated heterocycles. The molecule has 0 bridgehead atoms. The second-order valence-electron chi connectivity index (χ2n) is 5.63. The monoisotopic (exact) mass is 338 g/mol. The Balaban J connectivity index is 1.54. The van der Waals surface area contributed by atoms with Crippen LogP contribution in [0.25, 0.3) is 0 Å². The molecule has 2 aromatic carbocycles. The van der Waals surface area contributed by atoms with E-state index in [1.54, 1.807) is 12.1 Å². The van der Waals surface area contributed by atoms with Crippen LogP contribution in [-0.4, -0.2) is 40.8 Å². The van der Waals surface area contributed by atoms with Crippen molar-refractivity contribution in [3.8, 4) is 5.75 Å². The van der Waals surface area contributed by atoms with E-state index in [2.05, 4.69) is 0 Å². The Morgan fingerprint density at radius 3 is 2.04 bits per heavy atom. The van der Waals surface area contributed by atoms with Gasteiger partial charge in [0.25, 0.3) is 0 Å². The van der Waals surface area contributed by atoms with Crippen LogP contribution in [0.3, 0.4) is 0 Å². The Bertz CT molecular complexity index is 762. The van der Waals surface area contributed by atoms with Crippen LogP contribution in [-0.2, 0) is 16.1 Å². The number of carbonyl (C=O) groups excluding carboxylic acids is 3. The van der Waals surface area contributed by atoms with Crippen LogP contribution in [0.4, 0.5) is 4.79 Å². The van der Waals surface area contributed by atoms with Gasteiger partial charge >= 0.3 is 17.8 Å². The van der Waals surface area contributed by atoms with Gasteiger partial charge in [0.1, 0.15) is 5.75 Å². The third-order valence-corrected chi connectivity index (χ3v) is 3.86. The predicted octanol–water partition coefficient (Wildman–Crippen LogP) is 2.45. The Kier molecular flexibility index (Phi) is 5.09. The van der Waals surface area contributed by atoms with E-state index >= 15 is 0 Å². The van der Waals surface area contributed by atoms with Crippen LogP contribution < -0.4 is 4.74 Å². The van der Waals surface area contributed by atoms with Crippen molar-refractivity contribution in [2.75, 3.05) is 13.2 Å². The summed E-state index contributed by atoms with van der Waals surface area (Å²) in [5.74, 6) is -0.832. The van der Waals surface area contributed by atoms with Gasteiger partial charge in [-0.1, -0.05) is 48.5 Å². The highest BCUT2D eigenvalue weighted by atomic mass is 16.5. The van der Waals surface area contributed by atoms with Gasteiger partial charge in [0.15, 0.2) is 0 Å². The lowest BCUT2D eigenvalue weighted by Gasteiger charge is -2.15. The Morgan fingerprint density at radius 2 is 1.36 bits per heavy atom. The number of benzene rings is 2. The molecule has 1 aliphatic rings. The first-order valence-electron chi connectivity index (χ1n) is 8.06. The molecule has 2 aromatic rings. The van der Waals surface area contributed by atoms with Gasteiger partial charge in [-0.2, -0.15) is 0 Å². The number of urea groups is 1. The third-order valence-electron chi connectivity index (χ3n) is 3.86. The average molecular weight is 338 g/mol. The van der Waals surface area contributed by atoms with E-state index in [0.29, 0.717) is 13.0 Å². The van der Waals surface area contributed by atoms with Crippen LogP contribution in [0.5, 0.6) is 5.75 Å². The summed E-state index contributed by atoms with van der Waals surface area (Å²) in [5, 5.41) is 0. The molecule has 6 nitrogen and oxygen atoms in total. The molecular formula is C19H18N2O4. The number of imide groups is 2. The molecule has 0 unspecified atom stereocenters. The zero-order valence-electron chi connectivity index (χ0n) is 13.6. The molecule has 6 heteroatoms. The van der Waals surface area contributed by atoms with Gasteiger partial charge < -0.3 is 4.74 Å². The fourth-order valence-corrected chi connectivity index (χ4v) is 2.58. The van der Waals surface area contributed by atoms with Gasteiger partial charge in [0.05, 0.1) is 13.2 Å². The van der Waals surface area contributed by atoms with Crippen molar-refractivity contribution < 1.29 is 19.1 Å². The number of hydrogen-bond donors (Lipinski definition) is 0. The van der Waals surface area contributed by atoms with E-state index in [1.165, 1.54) is 0 Å². The molecule has 0 spiro atoms. The van der Waals surface area contributed by atoms with Crippen molar-refractivity contribution in [1.82, 2.24) is 9.80 Å². The van der Waals surface area contributed by atoms with Crippen LogP contribution in [0, 0.1) is 0 Å². The molecule has 0 N–H and O–H groups in total. The van der Waals surface area contributed by atoms with Gasteiger partial charge in [-0.05, 0) is 24.1 Å². The maximum atomic E-state index is 12.4. The Labute approximate surface area is 145 Å². The number of nitrogens with zero attached hydrogens (tertiary/aromatic N) is 2. The number of para-hydroxylation sites is 1. The van der Waals surface area contributed by atoms with E-state index in [9.17, 15) is 14.4 Å². The highest BCUT2D eigenvalue weighted by Crippen LogP contribution is 2.16. The first-order valence-corrected chi connectivity index (χ1v) is 8.06. The minimum Gasteiger partial charge on any atom is -0.494 e. The van der Waals surface area contributed by atoms with Gasteiger partial charge in [0, 0.05) is 6.54 Å². The van der Waals surface area contributed by atoms with E-state index in [1.807, 2.05) is 48.5 Å². The minimum absolute atomic E-state index is 0.0985. The largest absolute Gasteiger partial charge is 0.494 e. The summed E-state index contributed by atoms with van der Waals surface area (Å²) in [5.41, 5.74) is 0.797. The highest BCUT2D eigenvalue weighted by molar-refractivity contribution is 6.44. The quantitative estimate of drug-likeness (QED) is 0.442. The molecule has 0 saturated carbocycles. The molecule has 0 radical (unpaired) electrons. The topological polar surface area (TPSA) is 66.9 Å².